The maximum absolute atomic E-state index is 12.5. The van der Waals surface area contributed by atoms with Gasteiger partial charge in [-0.1, -0.05) is 72.8 Å². The van der Waals surface area contributed by atoms with Crippen LogP contribution in [-0.2, 0) is 13.1 Å². The van der Waals surface area contributed by atoms with Crippen molar-refractivity contribution in [2.45, 2.75) is 19.5 Å². The van der Waals surface area contributed by atoms with Gasteiger partial charge >= 0.3 is 6.43 Å². The number of fused-ring (bicyclic) bond motifs is 2. The Morgan fingerprint density at radius 3 is 1.73 bits per heavy atom. The predicted molar refractivity (Wildman–Crippen MR) is 179 cm³/mol. The zero-order chi connectivity index (χ0) is 33.6. The van der Waals surface area contributed by atoms with Crippen LogP contribution in [0.3, 0.4) is 0 Å². The van der Waals surface area contributed by atoms with Gasteiger partial charge in [0.05, 0.1) is 19.6 Å². The molecule has 0 bridgehead atoms. The number of carbonyl (C=O) groups is 1. The van der Waals surface area contributed by atoms with Gasteiger partial charge in [-0.25, -0.2) is 0 Å². The molecule has 0 aliphatic heterocycles. The Morgan fingerprint density at radius 2 is 1.23 bits per heavy atom. The highest BCUT2D eigenvalue weighted by atomic mass is 19.3. The average molecular weight is 646 g/mol. The first-order chi connectivity index (χ1) is 23.3. The van der Waals surface area contributed by atoms with E-state index < -0.39 is 12.3 Å². The van der Waals surface area contributed by atoms with Gasteiger partial charge in [0, 0.05) is 35.7 Å². The van der Waals surface area contributed by atoms with E-state index in [0.29, 0.717) is 24.2 Å². The summed E-state index contributed by atoms with van der Waals surface area (Å²) in [7, 11) is 0. The Hall–Kier alpha value is -6.07. The van der Waals surface area contributed by atoms with Crippen molar-refractivity contribution in [1.82, 2.24) is 19.3 Å². The Bertz CT molecular complexity index is 2360. The number of nitrogens with zero attached hydrogens (tertiary/aromatic N) is 4. The molecule has 240 valence electrons. The van der Waals surface area contributed by atoms with Gasteiger partial charge in [0.15, 0.2) is 5.78 Å². The molecule has 2 N–H and O–H groups in total. The number of pyridine rings is 2. The van der Waals surface area contributed by atoms with E-state index >= 15 is 0 Å². The number of hydrogen-bond donors (Lipinski definition) is 1. The Balaban J connectivity index is 0.000000170. The number of Topliss-reactive ketones (excluding diaryl/α,β-unsaturated/α-hetero) is 1. The summed E-state index contributed by atoms with van der Waals surface area (Å²) in [5.41, 5.74) is 7.52. The second-order valence-electron chi connectivity index (χ2n) is 11.0. The summed E-state index contributed by atoms with van der Waals surface area (Å²) in [5, 5.41) is 11.4. The molecule has 3 aromatic heterocycles. The fourth-order valence-corrected chi connectivity index (χ4v) is 5.21. The van der Waals surface area contributed by atoms with Crippen molar-refractivity contribution in [3.05, 3.63) is 165 Å². The normalized spacial score (nSPS) is 11.1. The van der Waals surface area contributed by atoms with Gasteiger partial charge < -0.3 is 19.3 Å². The molecular weight excluding hydrogens is 616 g/mol. The molecule has 0 radical (unpaired) electrons. The van der Waals surface area contributed by atoms with E-state index in [1.165, 1.54) is 22.1 Å². The Labute approximate surface area is 272 Å². The van der Waals surface area contributed by atoms with E-state index in [2.05, 4.69) is 22.3 Å². The van der Waals surface area contributed by atoms with Crippen molar-refractivity contribution < 1.29 is 18.0 Å². The van der Waals surface area contributed by atoms with Gasteiger partial charge in [0.25, 0.3) is 17.0 Å². The molecule has 0 saturated heterocycles. The summed E-state index contributed by atoms with van der Waals surface area (Å²) in [6.07, 6.45) is 0.379. The minimum Gasteiger partial charge on any atom is -0.415 e. The molecule has 3 heterocycles. The lowest BCUT2D eigenvalue weighted by Crippen LogP contribution is -2.22. The standard InChI is InChI=1S/C19H13F2N3O2.C18H16N2O2/c20-17(21)19-23-22-18(26-19)15-7-8-24(16(25)10-15)11-12-5-6-13-3-1-2-4-14(13)9-12;19-11-17(21)16-7-8-20(18(22)10-16)12-13-5-6-14-3-1-2-4-15(14)9-13/h1-10,17H,11H2;1-10H,11-12,19H2. The quantitative estimate of drug-likeness (QED) is 0.194. The van der Waals surface area contributed by atoms with Gasteiger partial charge in [-0.05, 0) is 56.9 Å². The van der Waals surface area contributed by atoms with Crippen molar-refractivity contribution in [2.75, 3.05) is 6.54 Å². The largest absolute Gasteiger partial charge is 0.415 e. The monoisotopic (exact) mass is 645 g/mol. The molecule has 11 heteroatoms. The van der Waals surface area contributed by atoms with Gasteiger partial charge in [-0.15, -0.1) is 10.2 Å². The lowest BCUT2D eigenvalue weighted by Gasteiger charge is -2.08. The summed E-state index contributed by atoms with van der Waals surface area (Å²) in [6.45, 7) is 0.783. The number of carbonyl (C=O) groups excluding carboxylic acids is 1. The maximum atomic E-state index is 12.5. The molecule has 48 heavy (non-hydrogen) atoms. The third-order valence-corrected chi connectivity index (χ3v) is 7.71. The van der Waals surface area contributed by atoms with Crippen LogP contribution in [0.4, 0.5) is 8.78 Å². The van der Waals surface area contributed by atoms with E-state index in [9.17, 15) is 23.2 Å². The predicted octanol–water partition coefficient (Wildman–Crippen LogP) is 6.23. The van der Waals surface area contributed by atoms with E-state index in [0.717, 1.165) is 27.3 Å². The molecule has 4 aromatic carbocycles. The zero-order valence-corrected chi connectivity index (χ0v) is 25.5. The van der Waals surface area contributed by atoms with Crippen LogP contribution in [0.1, 0.15) is 33.8 Å². The first-order valence-corrected chi connectivity index (χ1v) is 15.0. The summed E-state index contributed by atoms with van der Waals surface area (Å²) in [6, 6.07) is 34.1. The second kappa shape index (κ2) is 14.1. The molecule has 0 fully saturated rings. The molecule has 0 atom stereocenters. The van der Waals surface area contributed by atoms with Crippen LogP contribution in [0.2, 0.25) is 0 Å². The second-order valence-corrected chi connectivity index (χ2v) is 11.0. The van der Waals surface area contributed by atoms with Crippen LogP contribution in [0.15, 0.2) is 136 Å². The van der Waals surface area contributed by atoms with Gasteiger partial charge in [0.2, 0.25) is 5.89 Å². The SMILES string of the molecule is NCC(=O)c1ccn(Cc2ccc3ccccc3c2)c(=O)c1.O=c1cc(-c2nnc(C(F)F)o2)ccn1Cc1ccc2ccccc2c1. The molecule has 7 aromatic rings. The molecule has 9 nitrogen and oxygen atoms in total. The lowest BCUT2D eigenvalue weighted by molar-refractivity contribution is 0.100. The fraction of sp³-hybridized carbons (Fsp3) is 0.108. The van der Waals surface area contributed by atoms with Crippen molar-refractivity contribution in [3.8, 4) is 11.5 Å². The van der Waals surface area contributed by atoms with Crippen LogP contribution >= 0.6 is 0 Å². The fourth-order valence-electron chi connectivity index (χ4n) is 5.21. The zero-order valence-electron chi connectivity index (χ0n) is 25.5. The molecule has 7 rings (SSSR count). The number of benzene rings is 4. The summed E-state index contributed by atoms with van der Waals surface area (Å²) in [4.78, 5) is 36.0. The summed E-state index contributed by atoms with van der Waals surface area (Å²) < 4.78 is 33.0. The number of halogens is 2. The van der Waals surface area contributed by atoms with Crippen LogP contribution in [-0.4, -0.2) is 31.7 Å². The number of nitrogens with two attached hydrogens (primary N) is 1. The Morgan fingerprint density at radius 1 is 0.688 bits per heavy atom. The number of ketones is 1. The lowest BCUT2D eigenvalue weighted by atomic mass is 10.1. The third-order valence-electron chi connectivity index (χ3n) is 7.71. The van der Waals surface area contributed by atoms with E-state index in [1.54, 1.807) is 29.1 Å². The van der Waals surface area contributed by atoms with Crippen LogP contribution in [0, 0.1) is 0 Å². The summed E-state index contributed by atoms with van der Waals surface area (Å²) in [5.74, 6) is -1.09. The molecule has 0 aliphatic carbocycles. The molecular formula is C37H29F2N5O4. The number of rotatable bonds is 8. The summed E-state index contributed by atoms with van der Waals surface area (Å²) >= 11 is 0. The number of alkyl halides is 2. The van der Waals surface area contributed by atoms with E-state index in [-0.39, 0.29) is 29.3 Å². The van der Waals surface area contributed by atoms with Crippen molar-refractivity contribution >= 4 is 27.3 Å². The molecule has 0 unspecified atom stereocenters. The van der Waals surface area contributed by atoms with Gasteiger partial charge in [0.1, 0.15) is 0 Å². The minimum absolute atomic E-state index is 0.0892. The molecule has 0 amide bonds. The highest BCUT2D eigenvalue weighted by molar-refractivity contribution is 5.97. The highest BCUT2D eigenvalue weighted by Gasteiger charge is 2.17. The van der Waals surface area contributed by atoms with Gasteiger partial charge in [-0.2, -0.15) is 8.78 Å². The minimum atomic E-state index is -2.84. The van der Waals surface area contributed by atoms with E-state index in [1.807, 2.05) is 72.8 Å². The topological polar surface area (TPSA) is 126 Å². The Kier molecular flexibility index (Phi) is 9.40. The molecule has 0 spiro atoms. The first kappa shape index (κ1) is 31.9. The van der Waals surface area contributed by atoms with Crippen molar-refractivity contribution in [3.63, 3.8) is 0 Å². The van der Waals surface area contributed by atoms with Crippen molar-refractivity contribution in [1.29, 1.82) is 0 Å². The number of aromatic nitrogens is 4. The van der Waals surface area contributed by atoms with Crippen LogP contribution < -0.4 is 16.9 Å². The van der Waals surface area contributed by atoms with Crippen molar-refractivity contribution in [2.24, 2.45) is 5.73 Å². The van der Waals surface area contributed by atoms with Crippen LogP contribution in [0.5, 0.6) is 0 Å². The average Bonchev–Trinajstić information content (AvgIpc) is 3.61. The third kappa shape index (κ3) is 7.32. The highest BCUT2D eigenvalue weighted by Crippen LogP contribution is 2.22. The van der Waals surface area contributed by atoms with E-state index in [4.69, 9.17) is 10.2 Å². The van der Waals surface area contributed by atoms with Gasteiger partial charge in [-0.3, -0.25) is 14.4 Å². The van der Waals surface area contributed by atoms with Crippen LogP contribution in [0.25, 0.3) is 33.0 Å². The molecule has 0 aliphatic rings. The smallest absolute Gasteiger partial charge is 0.314 e. The number of hydrogen-bond acceptors (Lipinski definition) is 7. The first-order valence-electron chi connectivity index (χ1n) is 15.0. The molecule has 0 saturated carbocycles. The maximum Gasteiger partial charge on any atom is 0.314 e.